The van der Waals surface area contributed by atoms with Crippen LogP contribution in [0, 0.1) is 12.7 Å². The smallest absolute Gasteiger partial charge is 0.225 e. The predicted octanol–water partition coefficient (Wildman–Crippen LogP) is 6.21. The van der Waals surface area contributed by atoms with Crippen LogP contribution in [0.3, 0.4) is 0 Å². The van der Waals surface area contributed by atoms with Crippen LogP contribution in [0.1, 0.15) is 107 Å². The summed E-state index contributed by atoms with van der Waals surface area (Å²) in [5.74, 6) is -0.0408. The molecule has 0 saturated heterocycles. The average molecular weight is 662 g/mol. The summed E-state index contributed by atoms with van der Waals surface area (Å²) in [5.41, 5.74) is 4.93. The Balaban J connectivity index is 0.00000616. The second kappa shape index (κ2) is 20.6. The molecule has 1 heterocycles. The number of aryl methyl sites for hydroxylation is 1. The Bertz CT molecular complexity index is 1190. The fraction of sp³-hybridized carbons (Fsp3) is 0.543. The summed E-state index contributed by atoms with van der Waals surface area (Å²) in [7, 11) is 0. The first-order valence-electron chi connectivity index (χ1n) is 15.7. The van der Waals surface area contributed by atoms with Gasteiger partial charge in [-0.15, -0.1) is 0 Å². The van der Waals surface area contributed by atoms with Gasteiger partial charge in [-0.1, -0.05) is 113 Å². The minimum Gasteiger partial charge on any atom is -1.00 e. The zero-order chi connectivity index (χ0) is 29.3. The summed E-state index contributed by atoms with van der Waals surface area (Å²) in [6, 6.07) is 13.2. The van der Waals surface area contributed by atoms with E-state index >= 15 is 0 Å². The highest BCUT2D eigenvalue weighted by molar-refractivity contribution is 7.09. The zero-order valence-corrected chi connectivity index (χ0v) is 28.3. The SMILES string of the molecule is CCCCCCCCCCCCCCOc1ccc(CCN(C(C)=O)c2ccccc2C[n+]2csc(C)c2)cc1F.[Br-]. The van der Waals surface area contributed by atoms with E-state index in [9.17, 15) is 9.18 Å². The number of hydrogen-bond acceptors (Lipinski definition) is 3. The van der Waals surface area contributed by atoms with E-state index in [4.69, 9.17) is 4.74 Å². The number of carbonyl (C=O) groups excluding carboxylic acids is 1. The van der Waals surface area contributed by atoms with Gasteiger partial charge in [0.05, 0.1) is 17.2 Å². The molecule has 0 aliphatic heterocycles. The first-order valence-corrected chi connectivity index (χ1v) is 16.6. The van der Waals surface area contributed by atoms with Crippen LogP contribution in [0.2, 0.25) is 0 Å². The molecule has 0 bridgehead atoms. The molecule has 3 aromatic rings. The zero-order valence-electron chi connectivity index (χ0n) is 25.9. The predicted molar refractivity (Wildman–Crippen MR) is 169 cm³/mol. The van der Waals surface area contributed by atoms with E-state index in [0.29, 0.717) is 31.9 Å². The lowest BCUT2D eigenvalue weighted by molar-refractivity contribution is -0.683. The van der Waals surface area contributed by atoms with Crippen LogP contribution in [0.25, 0.3) is 0 Å². The Kier molecular flexibility index (Phi) is 17.6. The number of hydrogen-bond donors (Lipinski definition) is 0. The van der Waals surface area contributed by atoms with Gasteiger partial charge in [0.2, 0.25) is 11.4 Å². The minimum atomic E-state index is -0.333. The topological polar surface area (TPSA) is 33.4 Å². The number of amides is 1. The second-order valence-corrected chi connectivity index (χ2v) is 12.3. The number of halogens is 2. The number of anilines is 1. The number of nitrogens with zero attached hydrogens (tertiary/aromatic N) is 2. The Morgan fingerprint density at radius 3 is 2.17 bits per heavy atom. The molecule has 232 valence electrons. The average Bonchev–Trinajstić information content (AvgIpc) is 3.37. The molecule has 1 amide bonds. The molecule has 0 aliphatic carbocycles. The van der Waals surface area contributed by atoms with Gasteiger partial charge in [-0.25, -0.2) is 4.39 Å². The molecule has 0 spiro atoms. The molecular formula is C35H50BrFN2O2S. The number of para-hydroxylation sites is 1. The number of unbranched alkanes of at least 4 members (excludes halogenated alkanes) is 11. The molecule has 3 rings (SSSR count). The van der Waals surface area contributed by atoms with Crippen molar-refractivity contribution in [2.45, 2.75) is 111 Å². The number of aromatic nitrogens is 1. The third kappa shape index (κ3) is 12.9. The first-order chi connectivity index (χ1) is 20.0. The van der Waals surface area contributed by atoms with Gasteiger partial charge in [-0.3, -0.25) is 4.79 Å². The van der Waals surface area contributed by atoms with Crippen molar-refractivity contribution < 1.29 is 35.5 Å². The van der Waals surface area contributed by atoms with Gasteiger partial charge in [0, 0.05) is 19.0 Å². The molecule has 2 aromatic carbocycles. The van der Waals surface area contributed by atoms with Crippen LogP contribution in [-0.4, -0.2) is 19.1 Å². The van der Waals surface area contributed by atoms with Crippen molar-refractivity contribution in [2.24, 2.45) is 0 Å². The number of benzene rings is 2. The Morgan fingerprint density at radius 2 is 1.57 bits per heavy atom. The van der Waals surface area contributed by atoms with E-state index in [0.717, 1.165) is 29.7 Å². The molecule has 1 aromatic heterocycles. The standard InChI is InChI=1S/C35H50FN2O2S.BrH/c1-4-5-6-7-8-9-10-11-12-13-14-17-24-40-35-21-20-31(25-33(35)36)22-23-38(30(3)39)34-19-16-15-18-32(34)27-37-26-29(2)41-28-37;/h15-16,18-21,25-26,28H,4-14,17,22-24,27H2,1-3H3;1H/q+1;/p-1. The van der Waals surface area contributed by atoms with E-state index < -0.39 is 0 Å². The molecule has 0 fully saturated rings. The van der Waals surface area contributed by atoms with Crippen molar-refractivity contribution in [1.29, 1.82) is 0 Å². The lowest BCUT2D eigenvalue weighted by atomic mass is 10.1. The summed E-state index contributed by atoms with van der Waals surface area (Å²) in [6.45, 7) is 7.67. The largest absolute Gasteiger partial charge is 1.00 e. The number of carbonyl (C=O) groups is 1. The van der Waals surface area contributed by atoms with Crippen LogP contribution < -0.4 is 31.2 Å². The second-order valence-electron chi connectivity index (χ2n) is 11.2. The molecule has 42 heavy (non-hydrogen) atoms. The van der Waals surface area contributed by atoms with Crippen molar-refractivity contribution in [3.05, 3.63) is 76.0 Å². The fourth-order valence-electron chi connectivity index (χ4n) is 5.26. The van der Waals surface area contributed by atoms with Gasteiger partial charge in [0.1, 0.15) is 0 Å². The number of thiazole rings is 1. The van der Waals surface area contributed by atoms with Crippen molar-refractivity contribution in [3.63, 3.8) is 0 Å². The molecule has 0 saturated carbocycles. The van der Waals surface area contributed by atoms with E-state index in [1.807, 2.05) is 24.3 Å². The van der Waals surface area contributed by atoms with Crippen molar-refractivity contribution in [3.8, 4) is 5.75 Å². The molecule has 4 nitrogen and oxygen atoms in total. The van der Waals surface area contributed by atoms with Crippen LogP contribution in [0.15, 0.2) is 54.2 Å². The van der Waals surface area contributed by atoms with Crippen molar-refractivity contribution in [2.75, 3.05) is 18.1 Å². The molecule has 0 N–H and O–H groups in total. The quantitative estimate of drug-likeness (QED) is 0.107. The van der Waals surface area contributed by atoms with Crippen molar-refractivity contribution >= 4 is 22.9 Å². The highest BCUT2D eigenvalue weighted by Crippen LogP contribution is 2.23. The normalized spacial score (nSPS) is 10.9. The molecule has 7 heteroatoms. The third-order valence-corrected chi connectivity index (χ3v) is 8.47. The molecule has 0 atom stereocenters. The van der Waals surface area contributed by atoms with E-state index in [-0.39, 0.29) is 28.7 Å². The molecule has 0 radical (unpaired) electrons. The van der Waals surface area contributed by atoms with Crippen LogP contribution in [-0.2, 0) is 17.8 Å². The molecular weight excluding hydrogens is 611 g/mol. The summed E-state index contributed by atoms with van der Waals surface area (Å²) >= 11 is 1.70. The molecule has 0 aliphatic rings. The van der Waals surface area contributed by atoms with Crippen LogP contribution >= 0.6 is 11.3 Å². The van der Waals surface area contributed by atoms with Gasteiger partial charge in [-0.2, -0.15) is 4.57 Å². The highest BCUT2D eigenvalue weighted by Gasteiger charge is 2.18. The summed E-state index contributed by atoms with van der Waals surface area (Å²) in [5, 5.41) is 0. The van der Waals surface area contributed by atoms with Crippen LogP contribution in [0.5, 0.6) is 5.75 Å². The third-order valence-electron chi connectivity index (χ3n) is 7.61. The fourth-order valence-corrected chi connectivity index (χ4v) is 5.90. The van der Waals surface area contributed by atoms with E-state index in [1.165, 1.54) is 69.1 Å². The number of ether oxygens (including phenoxy) is 1. The minimum absolute atomic E-state index is 0. The van der Waals surface area contributed by atoms with Crippen LogP contribution in [0.4, 0.5) is 10.1 Å². The first kappa shape index (κ1) is 35.9. The maximum atomic E-state index is 14.8. The van der Waals surface area contributed by atoms with E-state index in [2.05, 4.69) is 36.2 Å². The van der Waals surface area contributed by atoms with E-state index in [1.54, 1.807) is 35.3 Å². The van der Waals surface area contributed by atoms with Gasteiger partial charge in [0.15, 0.2) is 24.3 Å². The number of rotatable bonds is 20. The van der Waals surface area contributed by atoms with Gasteiger partial charge in [-0.05, 0) is 43.5 Å². The van der Waals surface area contributed by atoms with Gasteiger partial charge in [0.25, 0.3) is 0 Å². The summed E-state index contributed by atoms with van der Waals surface area (Å²) < 4.78 is 22.7. The molecule has 0 unspecified atom stereocenters. The van der Waals surface area contributed by atoms with Gasteiger partial charge < -0.3 is 26.6 Å². The Hall–Kier alpha value is -2.25. The lowest BCUT2D eigenvalue weighted by Crippen LogP contribution is -3.00. The van der Waals surface area contributed by atoms with Gasteiger partial charge >= 0.3 is 0 Å². The monoisotopic (exact) mass is 660 g/mol. The Morgan fingerprint density at radius 1 is 0.929 bits per heavy atom. The summed E-state index contributed by atoms with van der Waals surface area (Å²) in [4.78, 5) is 15.7. The maximum absolute atomic E-state index is 14.8. The van der Waals surface area contributed by atoms with Crippen molar-refractivity contribution in [1.82, 2.24) is 0 Å². The lowest BCUT2D eigenvalue weighted by Gasteiger charge is -2.23. The Labute approximate surface area is 268 Å². The maximum Gasteiger partial charge on any atom is 0.225 e. The summed E-state index contributed by atoms with van der Waals surface area (Å²) in [6.07, 6.45) is 18.2. The highest BCUT2D eigenvalue weighted by atomic mass is 79.9.